The molecule has 0 radical (unpaired) electrons. The maximum Gasteiger partial charge on any atom is 0.250 e. The van der Waals surface area contributed by atoms with Gasteiger partial charge >= 0.3 is 0 Å². The van der Waals surface area contributed by atoms with E-state index in [9.17, 15) is 4.79 Å². The number of hydrogen-bond donors (Lipinski definition) is 0. The highest BCUT2D eigenvalue weighted by Crippen LogP contribution is 2.30. The Morgan fingerprint density at radius 3 is 3.00 bits per heavy atom. The topological polar surface area (TPSA) is 31.2 Å². The minimum Gasteiger partial charge on any atom is -0.373 e. The van der Waals surface area contributed by atoms with E-state index in [1.807, 2.05) is 12.3 Å². The molecule has 2 heterocycles. The lowest BCUT2D eigenvalue weighted by Crippen LogP contribution is -2.22. The zero-order valence-electron chi connectivity index (χ0n) is 8.65. The minimum atomic E-state index is 0.0185. The van der Waals surface area contributed by atoms with E-state index in [4.69, 9.17) is 4.74 Å². The predicted octanol–water partition coefficient (Wildman–Crippen LogP) is 2.00. The van der Waals surface area contributed by atoms with Crippen LogP contribution in [0.15, 0.2) is 23.1 Å². The lowest BCUT2D eigenvalue weighted by molar-refractivity contribution is 0.0183. The number of hydrogen-bond acceptors (Lipinski definition) is 2. The molecule has 1 saturated heterocycles. The Kier molecular flexibility index (Phi) is 3.26. The highest BCUT2D eigenvalue weighted by molar-refractivity contribution is 9.09. The number of halogens is 1. The molecule has 1 fully saturated rings. The molecular weight excluding hydrogens is 258 g/mol. The number of ether oxygens (including phenoxy) is 1. The molecule has 1 aromatic rings. The van der Waals surface area contributed by atoms with Gasteiger partial charge in [0.2, 0.25) is 5.56 Å². The molecule has 4 heteroatoms. The van der Waals surface area contributed by atoms with Crippen LogP contribution in [-0.2, 0) is 11.8 Å². The van der Waals surface area contributed by atoms with Crippen molar-refractivity contribution in [3.8, 4) is 0 Å². The number of alkyl halides is 1. The fraction of sp³-hybridized carbons (Fsp3) is 0.545. The summed E-state index contributed by atoms with van der Waals surface area (Å²) in [5.41, 5.74) is 1.10. The van der Waals surface area contributed by atoms with Crippen molar-refractivity contribution in [3.05, 3.63) is 34.2 Å². The molecule has 0 aliphatic carbocycles. The first-order valence-corrected chi connectivity index (χ1v) is 6.00. The highest BCUT2D eigenvalue weighted by Gasteiger charge is 2.22. The summed E-state index contributed by atoms with van der Waals surface area (Å²) in [5.74, 6) is 0. The third kappa shape index (κ3) is 2.49. The summed E-state index contributed by atoms with van der Waals surface area (Å²) >= 11 is 3.61. The number of aromatic nitrogens is 1. The molecule has 15 heavy (non-hydrogen) atoms. The van der Waals surface area contributed by atoms with Crippen LogP contribution in [0.5, 0.6) is 0 Å². The van der Waals surface area contributed by atoms with E-state index in [-0.39, 0.29) is 11.7 Å². The van der Waals surface area contributed by atoms with Crippen LogP contribution in [0, 0.1) is 0 Å². The Morgan fingerprint density at radius 1 is 1.53 bits per heavy atom. The molecular formula is C11H14BrNO2. The maximum atomic E-state index is 11.2. The van der Waals surface area contributed by atoms with Crippen molar-refractivity contribution in [1.82, 2.24) is 4.57 Å². The van der Waals surface area contributed by atoms with Crippen molar-refractivity contribution in [2.75, 3.05) is 6.61 Å². The van der Waals surface area contributed by atoms with Gasteiger partial charge in [0.05, 0.1) is 6.10 Å². The van der Waals surface area contributed by atoms with Gasteiger partial charge in [-0.05, 0) is 24.5 Å². The van der Waals surface area contributed by atoms with Gasteiger partial charge in [-0.3, -0.25) is 4.79 Å². The molecule has 2 rings (SSSR count). The third-order valence-corrected chi connectivity index (χ3v) is 3.53. The van der Waals surface area contributed by atoms with Gasteiger partial charge in [0.1, 0.15) is 0 Å². The van der Waals surface area contributed by atoms with Gasteiger partial charge in [-0.2, -0.15) is 0 Å². The van der Waals surface area contributed by atoms with Gasteiger partial charge in [0.15, 0.2) is 0 Å². The van der Waals surface area contributed by atoms with Crippen molar-refractivity contribution < 1.29 is 4.74 Å². The minimum absolute atomic E-state index is 0.0185. The molecule has 1 aliphatic heterocycles. The normalized spacial score (nSPS) is 26.5. The Morgan fingerprint density at radius 2 is 2.33 bits per heavy atom. The Balaban J connectivity index is 2.21. The predicted molar refractivity (Wildman–Crippen MR) is 62.3 cm³/mol. The van der Waals surface area contributed by atoms with Gasteiger partial charge in [-0.25, -0.2) is 0 Å². The van der Waals surface area contributed by atoms with Crippen molar-refractivity contribution in [2.45, 2.75) is 23.8 Å². The molecule has 2 unspecified atom stereocenters. The molecule has 3 nitrogen and oxygen atoms in total. The quantitative estimate of drug-likeness (QED) is 0.732. The van der Waals surface area contributed by atoms with Gasteiger partial charge in [-0.15, -0.1) is 0 Å². The van der Waals surface area contributed by atoms with Crippen LogP contribution in [0.4, 0.5) is 0 Å². The van der Waals surface area contributed by atoms with Gasteiger partial charge < -0.3 is 9.30 Å². The molecule has 1 aromatic heterocycles. The fourth-order valence-corrected chi connectivity index (χ4v) is 2.32. The number of rotatable bonds is 1. The van der Waals surface area contributed by atoms with E-state index in [1.54, 1.807) is 17.7 Å². The van der Waals surface area contributed by atoms with Crippen LogP contribution in [0.25, 0.3) is 0 Å². The monoisotopic (exact) mass is 271 g/mol. The van der Waals surface area contributed by atoms with Crippen LogP contribution in [0.2, 0.25) is 0 Å². The highest BCUT2D eigenvalue weighted by atomic mass is 79.9. The summed E-state index contributed by atoms with van der Waals surface area (Å²) in [6, 6.07) is 3.45. The third-order valence-electron chi connectivity index (χ3n) is 2.70. The second kappa shape index (κ2) is 4.49. The first kappa shape index (κ1) is 10.9. The largest absolute Gasteiger partial charge is 0.373 e. The zero-order chi connectivity index (χ0) is 10.8. The van der Waals surface area contributed by atoms with Gasteiger partial charge in [0, 0.05) is 30.7 Å². The molecule has 82 valence electrons. The lowest BCUT2D eigenvalue weighted by atomic mass is 10.0. The van der Waals surface area contributed by atoms with Crippen molar-refractivity contribution in [1.29, 1.82) is 0 Å². The van der Waals surface area contributed by atoms with Gasteiger partial charge in [-0.1, -0.05) is 15.9 Å². The number of nitrogens with zero attached hydrogens (tertiary/aromatic N) is 1. The maximum absolute atomic E-state index is 11.2. The molecule has 0 spiro atoms. The van der Waals surface area contributed by atoms with Crippen LogP contribution in [0.3, 0.4) is 0 Å². The van der Waals surface area contributed by atoms with Crippen LogP contribution < -0.4 is 5.56 Å². The summed E-state index contributed by atoms with van der Waals surface area (Å²) in [6.45, 7) is 0.781. The van der Waals surface area contributed by atoms with Gasteiger partial charge in [0.25, 0.3) is 0 Å². The van der Waals surface area contributed by atoms with E-state index in [0.717, 1.165) is 25.0 Å². The van der Waals surface area contributed by atoms with Crippen LogP contribution in [-0.4, -0.2) is 16.0 Å². The Hall–Kier alpha value is -0.610. The Bertz CT molecular complexity index is 402. The van der Waals surface area contributed by atoms with Crippen molar-refractivity contribution in [3.63, 3.8) is 0 Å². The fourth-order valence-electron chi connectivity index (χ4n) is 1.79. The summed E-state index contributed by atoms with van der Waals surface area (Å²) in [5, 5.41) is 0. The van der Waals surface area contributed by atoms with E-state index >= 15 is 0 Å². The second-order valence-electron chi connectivity index (χ2n) is 3.89. The van der Waals surface area contributed by atoms with Crippen LogP contribution >= 0.6 is 15.9 Å². The molecule has 0 amide bonds. The molecule has 2 atom stereocenters. The van der Waals surface area contributed by atoms with E-state index in [0.29, 0.717) is 4.83 Å². The molecule has 0 N–H and O–H groups in total. The lowest BCUT2D eigenvalue weighted by Gasteiger charge is -2.26. The molecule has 0 aromatic carbocycles. The van der Waals surface area contributed by atoms with Crippen LogP contribution in [0.1, 0.15) is 24.5 Å². The standard InChI is InChI=1S/C11H14BrNO2/c1-13-7-8(2-3-11(13)14)10-6-9(12)4-5-15-10/h2-3,7,9-10H,4-6H2,1H3. The average molecular weight is 272 g/mol. The number of pyridine rings is 1. The smallest absolute Gasteiger partial charge is 0.250 e. The second-order valence-corrected chi connectivity index (χ2v) is 5.19. The summed E-state index contributed by atoms with van der Waals surface area (Å²) < 4.78 is 7.28. The Labute approximate surface area is 97.2 Å². The molecule has 0 bridgehead atoms. The van der Waals surface area contributed by atoms with Crippen molar-refractivity contribution >= 4 is 15.9 Å². The molecule has 1 aliphatic rings. The summed E-state index contributed by atoms with van der Waals surface area (Å²) in [4.78, 5) is 11.8. The van der Waals surface area contributed by atoms with E-state index in [2.05, 4.69) is 15.9 Å². The number of aryl methyl sites for hydroxylation is 1. The van der Waals surface area contributed by atoms with E-state index < -0.39 is 0 Å². The summed E-state index contributed by atoms with van der Waals surface area (Å²) in [6.07, 6.45) is 4.01. The SMILES string of the molecule is Cn1cc(C2CC(Br)CCO2)ccc1=O. The van der Waals surface area contributed by atoms with E-state index in [1.165, 1.54) is 0 Å². The zero-order valence-corrected chi connectivity index (χ0v) is 10.2. The summed E-state index contributed by atoms with van der Waals surface area (Å²) in [7, 11) is 1.76. The first-order valence-electron chi connectivity index (χ1n) is 5.09. The first-order chi connectivity index (χ1) is 7.16. The molecule has 0 saturated carbocycles. The van der Waals surface area contributed by atoms with Crippen molar-refractivity contribution in [2.24, 2.45) is 7.05 Å². The average Bonchev–Trinajstić information content (AvgIpc) is 2.22.